The van der Waals surface area contributed by atoms with Crippen molar-refractivity contribution in [1.82, 2.24) is 5.32 Å². The summed E-state index contributed by atoms with van der Waals surface area (Å²) in [5.41, 5.74) is 1.06. The van der Waals surface area contributed by atoms with Crippen molar-refractivity contribution in [3.8, 4) is 0 Å². The van der Waals surface area contributed by atoms with Crippen LogP contribution in [0.2, 0.25) is 0 Å². The summed E-state index contributed by atoms with van der Waals surface area (Å²) >= 11 is 0. The maximum Gasteiger partial charge on any atom is 0.416 e. The van der Waals surface area contributed by atoms with Gasteiger partial charge in [-0.05, 0) is 67.6 Å². The zero-order chi connectivity index (χ0) is 25.4. The Morgan fingerprint density at radius 1 is 1.03 bits per heavy atom. The largest absolute Gasteiger partial charge is 0.416 e. The van der Waals surface area contributed by atoms with Gasteiger partial charge in [0.15, 0.2) is 0 Å². The average molecular weight is 493 g/mol. The molecule has 7 nitrogen and oxygen atoms in total. The van der Waals surface area contributed by atoms with Gasteiger partial charge < -0.3 is 25.6 Å². The number of urea groups is 1. The van der Waals surface area contributed by atoms with Gasteiger partial charge in [-0.15, -0.1) is 0 Å². The van der Waals surface area contributed by atoms with E-state index in [0.29, 0.717) is 36.7 Å². The smallest absolute Gasteiger partial charge is 0.385 e. The summed E-state index contributed by atoms with van der Waals surface area (Å²) in [6.45, 7) is 4.87. The molecule has 0 aromatic heterocycles. The minimum atomic E-state index is -4.45. The van der Waals surface area contributed by atoms with E-state index >= 15 is 0 Å². The molecule has 0 saturated carbocycles. The van der Waals surface area contributed by atoms with Gasteiger partial charge in [0.25, 0.3) is 5.91 Å². The Kier molecular flexibility index (Phi) is 8.97. The zero-order valence-corrected chi connectivity index (χ0v) is 19.9. The van der Waals surface area contributed by atoms with Crippen molar-refractivity contribution in [3.05, 3.63) is 53.6 Å². The number of benzene rings is 2. The number of piperidine rings is 1. The second kappa shape index (κ2) is 11.9. The maximum absolute atomic E-state index is 13.0. The van der Waals surface area contributed by atoms with E-state index in [2.05, 4.69) is 27.8 Å². The number of carbonyl (C=O) groups is 2. The van der Waals surface area contributed by atoms with Crippen LogP contribution in [0.5, 0.6) is 0 Å². The topological polar surface area (TPSA) is 82.7 Å². The van der Waals surface area contributed by atoms with E-state index in [1.807, 2.05) is 6.07 Å². The SMILES string of the molecule is COCCCNC(=O)c1cc(NC(=O)Nc2ccc(C(F)(F)F)cc2)ccc1N1CCC(C)CC1. The first kappa shape index (κ1) is 26.3. The first-order valence-corrected chi connectivity index (χ1v) is 11.6. The Balaban J connectivity index is 1.72. The van der Waals surface area contributed by atoms with Crippen molar-refractivity contribution in [2.75, 3.05) is 48.9 Å². The quantitative estimate of drug-likeness (QED) is 0.434. The van der Waals surface area contributed by atoms with E-state index in [0.717, 1.165) is 43.8 Å². The number of hydrogen-bond acceptors (Lipinski definition) is 4. The summed E-state index contributed by atoms with van der Waals surface area (Å²) in [5.74, 6) is 0.383. The van der Waals surface area contributed by atoms with E-state index in [1.165, 1.54) is 12.1 Å². The van der Waals surface area contributed by atoms with Gasteiger partial charge in [-0.2, -0.15) is 13.2 Å². The molecule has 3 N–H and O–H groups in total. The van der Waals surface area contributed by atoms with Gasteiger partial charge in [0.2, 0.25) is 0 Å². The highest BCUT2D eigenvalue weighted by Crippen LogP contribution is 2.30. The van der Waals surface area contributed by atoms with E-state index in [-0.39, 0.29) is 11.6 Å². The molecule has 0 aliphatic carbocycles. The number of ether oxygens (including phenoxy) is 1. The third-order valence-electron chi connectivity index (χ3n) is 5.90. The van der Waals surface area contributed by atoms with Crippen molar-refractivity contribution < 1.29 is 27.5 Å². The molecule has 10 heteroatoms. The highest BCUT2D eigenvalue weighted by atomic mass is 19.4. The first-order chi connectivity index (χ1) is 16.7. The second-order valence-corrected chi connectivity index (χ2v) is 8.66. The summed E-state index contributed by atoms with van der Waals surface area (Å²) in [6, 6.07) is 8.67. The number of alkyl halides is 3. The van der Waals surface area contributed by atoms with Crippen molar-refractivity contribution in [2.45, 2.75) is 32.4 Å². The predicted molar refractivity (Wildman–Crippen MR) is 130 cm³/mol. The second-order valence-electron chi connectivity index (χ2n) is 8.66. The van der Waals surface area contributed by atoms with Crippen LogP contribution < -0.4 is 20.9 Å². The molecule has 1 fully saturated rings. The number of rotatable bonds is 8. The number of halogens is 3. The Morgan fingerprint density at radius 3 is 2.29 bits per heavy atom. The summed E-state index contributed by atoms with van der Waals surface area (Å²) in [4.78, 5) is 27.6. The molecule has 0 unspecified atom stereocenters. The van der Waals surface area contributed by atoms with E-state index < -0.39 is 17.8 Å². The van der Waals surface area contributed by atoms with Gasteiger partial charge in [0.1, 0.15) is 0 Å². The number of nitrogens with zero attached hydrogens (tertiary/aromatic N) is 1. The van der Waals surface area contributed by atoms with Crippen molar-refractivity contribution in [3.63, 3.8) is 0 Å². The van der Waals surface area contributed by atoms with Crippen LogP contribution in [0.15, 0.2) is 42.5 Å². The lowest BCUT2D eigenvalue weighted by Gasteiger charge is -2.33. The molecule has 0 atom stereocenters. The highest BCUT2D eigenvalue weighted by Gasteiger charge is 2.30. The molecule has 190 valence electrons. The first-order valence-electron chi connectivity index (χ1n) is 11.6. The summed E-state index contributed by atoms with van der Waals surface area (Å²) in [6.07, 6.45) is -1.71. The fraction of sp³-hybridized carbons (Fsp3) is 0.440. The van der Waals surface area contributed by atoms with Crippen LogP contribution in [-0.2, 0) is 10.9 Å². The lowest BCUT2D eigenvalue weighted by Crippen LogP contribution is -2.35. The van der Waals surface area contributed by atoms with E-state index in [9.17, 15) is 22.8 Å². The minimum absolute atomic E-state index is 0.214. The van der Waals surface area contributed by atoms with Gasteiger partial charge in [-0.25, -0.2) is 4.79 Å². The van der Waals surface area contributed by atoms with Crippen LogP contribution in [0.1, 0.15) is 42.1 Å². The summed E-state index contributed by atoms with van der Waals surface area (Å²) in [7, 11) is 1.60. The molecule has 35 heavy (non-hydrogen) atoms. The van der Waals surface area contributed by atoms with Crippen LogP contribution in [0.4, 0.5) is 35.0 Å². The van der Waals surface area contributed by atoms with Crippen LogP contribution in [0.25, 0.3) is 0 Å². The molecule has 1 aliphatic heterocycles. The average Bonchev–Trinajstić information content (AvgIpc) is 2.82. The van der Waals surface area contributed by atoms with Crippen molar-refractivity contribution in [1.29, 1.82) is 0 Å². The molecule has 0 radical (unpaired) electrons. The monoisotopic (exact) mass is 492 g/mol. The number of amides is 3. The molecule has 3 rings (SSSR count). The van der Waals surface area contributed by atoms with Crippen LogP contribution in [-0.4, -0.2) is 45.3 Å². The zero-order valence-electron chi connectivity index (χ0n) is 19.9. The van der Waals surface area contributed by atoms with Crippen LogP contribution in [0.3, 0.4) is 0 Å². The molecular formula is C25H31F3N4O3. The van der Waals surface area contributed by atoms with E-state index in [1.54, 1.807) is 19.2 Å². The predicted octanol–water partition coefficient (Wildman–Crippen LogP) is 5.35. The summed E-state index contributed by atoms with van der Waals surface area (Å²) < 4.78 is 43.2. The van der Waals surface area contributed by atoms with Crippen molar-refractivity contribution in [2.24, 2.45) is 5.92 Å². The van der Waals surface area contributed by atoms with Gasteiger partial charge >= 0.3 is 12.2 Å². The molecule has 3 amide bonds. The number of hydrogen-bond donors (Lipinski definition) is 3. The molecule has 2 aromatic carbocycles. The number of nitrogens with one attached hydrogen (secondary N) is 3. The fourth-order valence-electron chi connectivity index (χ4n) is 3.87. The Morgan fingerprint density at radius 2 is 1.66 bits per heavy atom. The lowest BCUT2D eigenvalue weighted by atomic mass is 9.98. The lowest BCUT2D eigenvalue weighted by molar-refractivity contribution is -0.137. The van der Waals surface area contributed by atoms with Gasteiger partial charge in [-0.1, -0.05) is 6.92 Å². The van der Waals surface area contributed by atoms with Gasteiger partial charge in [0, 0.05) is 50.4 Å². The normalized spacial score (nSPS) is 14.5. The highest BCUT2D eigenvalue weighted by molar-refractivity contribution is 6.04. The van der Waals surface area contributed by atoms with E-state index in [4.69, 9.17) is 4.74 Å². The minimum Gasteiger partial charge on any atom is -0.385 e. The molecule has 2 aromatic rings. The number of methoxy groups -OCH3 is 1. The number of carbonyl (C=O) groups excluding carboxylic acids is 2. The molecule has 1 aliphatic rings. The Labute approximate surface area is 203 Å². The fourth-order valence-corrected chi connectivity index (χ4v) is 3.87. The molecule has 0 spiro atoms. The Bertz CT molecular complexity index is 1000. The maximum atomic E-state index is 13.0. The molecular weight excluding hydrogens is 461 g/mol. The molecule has 1 saturated heterocycles. The van der Waals surface area contributed by atoms with Crippen molar-refractivity contribution >= 4 is 29.0 Å². The number of anilines is 3. The molecule has 0 bridgehead atoms. The molecule has 1 heterocycles. The Hall–Kier alpha value is -3.27. The van der Waals surface area contributed by atoms with Gasteiger partial charge in [-0.3, -0.25) is 4.79 Å². The van der Waals surface area contributed by atoms with Crippen LogP contribution >= 0.6 is 0 Å². The van der Waals surface area contributed by atoms with Gasteiger partial charge in [0.05, 0.1) is 11.1 Å². The summed E-state index contributed by atoms with van der Waals surface area (Å²) in [5, 5.41) is 8.05. The third kappa shape index (κ3) is 7.61. The third-order valence-corrected chi connectivity index (χ3v) is 5.90. The standard InChI is InChI=1S/C25H31F3N4O3/c1-17-10-13-32(14-11-17)22-9-8-20(16-21(22)23(33)29-12-3-15-35-2)31-24(34)30-19-6-4-18(5-7-19)25(26,27)28/h4-9,16-17H,3,10-15H2,1-2H3,(H,29,33)(H2,30,31,34). The van der Waals surface area contributed by atoms with Crippen LogP contribution in [0, 0.1) is 5.92 Å².